The van der Waals surface area contributed by atoms with Gasteiger partial charge in [0.15, 0.2) is 5.69 Å². The summed E-state index contributed by atoms with van der Waals surface area (Å²) >= 11 is 0. The quantitative estimate of drug-likeness (QED) is 0.477. The Morgan fingerprint density at radius 1 is 1.62 bits per heavy atom. The van der Waals surface area contributed by atoms with Crippen molar-refractivity contribution >= 4 is 0 Å². The van der Waals surface area contributed by atoms with Crippen molar-refractivity contribution in [2.24, 2.45) is 0 Å². The number of aromatic nitrogens is 3. The number of nitrogens with one attached hydrogen (secondary N) is 1. The molecule has 0 aliphatic rings. The molecule has 0 atom stereocenters. The van der Waals surface area contributed by atoms with E-state index in [2.05, 4.69) is 21.3 Å². The maximum absolute atomic E-state index is 5.02. The van der Waals surface area contributed by atoms with Crippen molar-refractivity contribution in [1.29, 1.82) is 0 Å². The van der Waals surface area contributed by atoms with Crippen molar-refractivity contribution in [1.82, 2.24) is 15.4 Å². The van der Waals surface area contributed by atoms with E-state index in [1.54, 1.807) is 6.92 Å². The van der Waals surface area contributed by atoms with Crippen LogP contribution in [-0.2, 0) is 0 Å². The molecule has 1 rings (SSSR count). The normalized spacial score (nSPS) is 8.50. The van der Waals surface area contributed by atoms with Crippen molar-refractivity contribution in [3.8, 4) is 12.3 Å². The minimum absolute atomic E-state index is 0.588. The van der Waals surface area contributed by atoms with Gasteiger partial charge in [-0.05, 0) is 12.8 Å². The zero-order valence-electron chi connectivity index (χ0n) is 4.47. The van der Waals surface area contributed by atoms with E-state index in [0.717, 1.165) is 5.69 Å². The van der Waals surface area contributed by atoms with Gasteiger partial charge in [-0.15, -0.1) is 11.5 Å². The average molecular weight is 107 g/mol. The standard InChI is InChI=1S/C5H5N3/c1-3-5-4(2)6-8-7-5/h1H,2H3,(H,6,7,8). The van der Waals surface area contributed by atoms with Crippen molar-refractivity contribution in [2.45, 2.75) is 6.92 Å². The third-order valence-electron chi connectivity index (χ3n) is 0.859. The molecule has 1 aromatic rings. The van der Waals surface area contributed by atoms with Crippen LogP contribution in [-0.4, -0.2) is 15.4 Å². The number of nitrogens with zero attached hydrogens (tertiary/aromatic N) is 2. The molecule has 0 bridgehead atoms. The van der Waals surface area contributed by atoms with Gasteiger partial charge in [-0.3, -0.25) is 0 Å². The fourth-order valence-electron chi connectivity index (χ4n) is 0.421. The first-order valence-corrected chi connectivity index (χ1v) is 2.18. The lowest BCUT2D eigenvalue weighted by Gasteiger charge is -1.74. The van der Waals surface area contributed by atoms with Gasteiger partial charge in [0, 0.05) is 0 Å². The summed E-state index contributed by atoms with van der Waals surface area (Å²) in [6, 6.07) is 0. The SMILES string of the molecule is C#Cc1n[nH]nc1C. The summed E-state index contributed by atoms with van der Waals surface area (Å²) in [5, 5.41) is 9.78. The Labute approximate surface area is 47.1 Å². The Bertz CT molecular complexity index is 218. The second kappa shape index (κ2) is 1.66. The van der Waals surface area contributed by atoms with Crippen LogP contribution >= 0.6 is 0 Å². The van der Waals surface area contributed by atoms with E-state index in [1.807, 2.05) is 0 Å². The molecule has 0 saturated heterocycles. The van der Waals surface area contributed by atoms with Gasteiger partial charge in [0.05, 0.1) is 5.69 Å². The highest BCUT2D eigenvalue weighted by atomic mass is 15.3. The Morgan fingerprint density at radius 3 is 2.62 bits per heavy atom. The predicted octanol–water partition coefficient (Wildman–Crippen LogP) is 0.0944. The molecule has 0 spiro atoms. The van der Waals surface area contributed by atoms with Crippen LogP contribution in [0.4, 0.5) is 0 Å². The first-order chi connectivity index (χ1) is 3.84. The van der Waals surface area contributed by atoms with Crippen LogP contribution in [0.2, 0.25) is 0 Å². The molecule has 0 fully saturated rings. The first kappa shape index (κ1) is 4.85. The van der Waals surface area contributed by atoms with Gasteiger partial charge in [-0.25, -0.2) is 0 Å². The molecule has 3 nitrogen and oxygen atoms in total. The number of terminal acetylenes is 1. The largest absolute Gasteiger partial charge is 0.196 e. The van der Waals surface area contributed by atoms with Gasteiger partial charge in [-0.2, -0.15) is 10.3 Å². The number of hydrogen-bond acceptors (Lipinski definition) is 2. The Kier molecular flexibility index (Phi) is 1.01. The Hall–Kier alpha value is -1.30. The van der Waals surface area contributed by atoms with Crippen LogP contribution in [0, 0.1) is 19.3 Å². The number of hydrogen-bond donors (Lipinski definition) is 1. The van der Waals surface area contributed by atoms with Gasteiger partial charge >= 0.3 is 0 Å². The van der Waals surface area contributed by atoms with Gasteiger partial charge in [0.25, 0.3) is 0 Å². The van der Waals surface area contributed by atoms with E-state index >= 15 is 0 Å². The molecule has 1 heterocycles. The van der Waals surface area contributed by atoms with Crippen LogP contribution in [0.15, 0.2) is 0 Å². The van der Waals surface area contributed by atoms with Crippen molar-refractivity contribution in [3.05, 3.63) is 11.4 Å². The predicted molar refractivity (Wildman–Crippen MR) is 29.1 cm³/mol. The molecule has 1 aromatic heterocycles. The van der Waals surface area contributed by atoms with Crippen molar-refractivity contribution in [3.63, 3.8) is 0 Å². The lowest BCUT2D eigenvalue weighted by atomic mass is 10.4. The van der Waals surface area contributed by atoms with E-state index in [-0.39, 0.29) is 0 Å². The van der Waals surface area contributed by atoms with Crippen LogP contribution < -0.4 is 0 Å². The van der Waals surface area contributed by atoms with Crippen LogP contribution in [0.5, 0.6) is 0 Å². The Morgan fingerprint density at radius 2 is 2.38 bits per heavy atom. The summed E-state index contributed by atoms with van der Waals surface area (Å²) in [4.78, 5) is 0. The highest BCUT2D eigenvalue weighted by Gasteiger charge is 1.94. The molecular weight excluding hydrogens is 102 g/mol. The van der Waals surface area contributed by atoms with Gasteiger partial charge in [-0.1, -0.05) is 0 Å². The number of H-pyrrole nitrogens is 1. The first-order valence-electron chi connectivity index (χ1n) is 2.18. The van der Waals surface area contributed by atoms with Gasteiger partial charge in [0.1, 0.15) is 0 Å². The van der Waals surface area contributed by atoms with Crippen molar-refractivity contribution < 1.29 is 0 Å². The minimum Gasteiger partial charge on any atom is -0.196 e. The second-order valence-electron chi connectivity index (χ2n) is 1.40. The molecule has 8 heavy (non-hydrogen) atoms. The van der Waals surface area contributed by atoms with E-state index in [4.69, 9.17) is 6.42 Å². The summed E-state index contributed by atoms with van der Waals surface area (Å²) in [7, 11) is 0. The fraction of sp³-hybridized carbons (Fsp3) is 0.200. The molecule has 0 aliphatic carbocycles. The molecule has 0 unspecified atom stereocenters. The van der Waals surface area contributed by atoms with E-state index in [9.17, 15) is 0 Å². The number of aromatic amines is 1. The second-order valence-corrected chi connectivity index (χ2v) is 1.40. The summed E-state index contributed by atoms with van der Waals surface area (Å²) in [5.74, 6) is 2.37. The maximum Gasteiger partial charge on any atom is 0.157 e. The number of rotatable bonds is 0. The molecule has 0 aromatic carbocycles. The van der Waals surface area contributed by atoms with Crippen LogP contribution in [0.25, 0.3) is 0 Å². The monoisotopic (exact) mass is 107 g/mol. The lowest BCUT2D eigenvalue weighted by Crippen LogP contribution is -1.75. The van der Waals surface area contributed by atoms with E-state index in [0.29, 0.717) is 5.69 Å². The molecule has 0 radical (unpaired) electrons. The third kappa shape index (κ3) is 0.562. The molecule has 0 aliphatic heterocycles. The van der Waals surface area contributed by atoms with E-state index < -0.39 is 0 Å². The maximum atomic E-state index is 5.02. The topological polar surface area (TPSA) is 41.6 Å². The molecule has 1 N–H and O–H groups in total. The zero-order chi connectivity index (χ0) is 5.98. The van der Waals surface area contributed by atoms with Crippen molar-refractivity contribution in [2.75, 3.05) is 0 Å². The highest BCUT2D eigenvalue weighted by Crippen LogP contribution is 1.92. The van der Waals surface area contributed by atoms with E-state index in [1.165, 1.54) is 0 Å². The van der Waals surface area contributed by atoms with Crippen LogP contribution in [0.3, 0.4) is 0 Å². The zero-order valence-corrected chi connectivity index (χ0v) is 4.47. The minimum atomic E-state index is 0.588. The number of aryl methyl sites for hydroxylation is 1. The Balaban J connectivity index is 3.15. The summed E-state index contributed by atoms with van der Waals surface area (Å²) in [6.07, 6.45) is 5.02. The summed E-state index contributed by atoms with van der Waals surface area (Å²) < 4.78 is 0. The highest BCUT2D eigenvalue weighted by molar-refractivity contribution is 5.25. The third-order valence-corrected chi connectivity index (χ3v) is 0.859. The fourth-order valence-corrected chi connectivity index (χ4v) is 0.421. The van der Waals surface area contributed by atoms with Gasteiger partial charge < -0.3 is 0 Å². The summed E-state index contributed by atoms with van der Waals surface area (Å²) in [6.45, 7) is 1.80. The molecule has 3 heteroatoms. The molecule has 0 saturated carbocycles. The molecule has 40 valence electrons. The molecule has 0 amide bonds. The summed E-state index contributed by atoms with van der Waals surface area (Å²) in [5.41, 5.74) is 1.36. The smallest absolute Gasteiger partial charge is 0.157 e. The van der Waals surface area contributed by atoms with Crippen LogP contribution in [0.1, 0.15) is 11.4 Å². The molecular formula is C5H5N3. The van der Waals surface area contributed by atoms with Gasteiger partial charge in [0.2, 0.25) is 0 Å². The lowest BCUT2D eigenvalue weighted by molar-refractivity contribution is 0.926. The average Bonchev–Trinajstić information content (AvgIpc) is 2.14.